The van der Waals surface area contributed by atoms with Gasteiger partial charge in [-0.25, -0.2) is 4.39 Å². The summed E-state index contributed by atoms with van der Waals surface area (Å²) in [5.74, 6) is -0.780. The monoisotopic (exact) mass is 288 g/mol. The van der Waals surface area contributed by atoms with Gasteiger partial charge in [-0.05, 0) is 29.8 Å². The minimum atomic E-state index is -0.420. The number of carbonyl (C=O) groups is 1. The number of nitriles is 1. The first-order chi connectivity index (χ1) is 9.60. The Kier molecular flexibility index (Phi) is 4.34. The van der Waals surface area contributed by atoms with E-state index in [1.165, 1.54) is 18.2 Å². The van der Waals surface area contributed by atoms with Crippen LogP contribution in [0.4, 0.5) is 10.1 Å². The van der Waals surface area contributed by atoms with Crippen molar-refractivity contribution >= 4 is 23.2 Å². The van der Waals surface area contributed by atoms with Gasteiger partial charge in [0, 0.05) is 5.69 Å². The molecule has 0 heterocycles. The van der Waals surface area contributed by atoms with Crippen LogP contribution in [-0.2, 0) is 11.2 Å². The molecule has 0 aromatic heterocycles. The van der Waals surface area contributed by atoms with Gasteiger partial charge in [-0.3, -0.25) is 4.79 Å². The number of hydrogen-bond acceptors (Lipinski definition) is 2. The zero-order chi connectivity index (χ0) is 14.5. The van der Waals surface area contributed by atoms with Gasteiger partial charge in [0.1, 0.15) is 11.9 Å². The summed E-state index contributed by atoms with van der Waals surface area (Å²) >= 11 is 5.80. The fourth-order valence-corrected chi connectivity index (χ4v) is 1.87. The summed E-state index contributed by atoms with van der Waals surface area (Å²) in [5, 5.41) is 11.8. The van der Waals surface area contributed by atoms with Gasteiger partial charge >= 0.3 is 0 Å². The first-order valence-corrected chi connectivity index (χ1v) is 6.21. The summed E-state index contributed by atoms with van der Waals surface area (Å²) in [6.07, 6.45) is -0.0722. The van der Waals surface area contributed by atoms with Crippen LogP contribution in [0, 0.1) is 17.1 Å². The van der Waals surface area contributed by atoms with E-state index in [2.05, 4.69) is 5.32 Å². The zero-order valence-corrected chi connectivity index (χ0v) is 11.1. The topological polar surface area (TPSA) is 52.9 Å². The van der Waals surface area contributed by atoms with Crippen LogP contribution in [-0.4, -0.2) is 5.91 Å². The zero-order valence-electron chi connectivity index (χ0n) is 10.4. The van der Waals surface area contributed by atoms with Crippen molar-refractivity contribution in [3.63, 3.8) is 0 Å². The number of hydrogen-bond donors (Lipinski definition) is 1. The predicted octanol–water partition coefficient (Wildman–Crippen LogP) is 3.53. The van der Waals surface area contributed by atoms with E-state index in [0.29, 0.717) is 16.3 Å². The SMILES string of the molecule is N#Cc1cc(NC(=O)Cc2ccccc2F)ccc1Cl. The van der Waals surface area contributed by atoms with Crippen LogP contribution in [0.3, 0.4) is 0 Å². The smallest absolute Gasteiger partial charge is 0.228 e. The van der Waals surface area contributed by atoms with Gasteiger partial charge in [0.05, 0.1) is 17.0 Å². The molecule has 2 aromatic rings. The summed E-state index contributed by atoms with van der Waals surface area (Å²) in [6.45, 7) is 0. The summed E-state index contributed by atoms with van der Waals surface area (Å²) in [5.41, 5.74) is 1.04. The molecule has 20 heavy (non-hydrogen) atoms. The van der Waals surface area contributed by atoms with Crippen molar-refractivity contribution in [2.45, 2.75) is 6.42 Å². The van der Waals surface area contributed by atoms with Crippen LogP contribution in [0.25, 0.3) is 0 Å². The fraction of sp³-hybridized carbons (Fsp3) is 0.0667. The molecule has 5 heteroatoms. The largest absolute Gasteiger partial charge is 0.326 e. The number of nitrogens with one attached hydrogen (secondary N) is 1. The quantitative estimate of drug-likeness (QED) is 0.939. The minimum Gasteiger partial charge on any atom is -0.326 e. The Balaban J connectivity index is 2.09. The van der Waals surface area contributed by atoms with E-state index in [9.17, 15) is 9.18 Å². The summed E-state index contributed by atoms with van der Waals surface area (Å²) < 4.78 is 13.4. The highest BCUT2D eigenvalue weighted by molar-refractivity contribution is 6.31. The lowest BCUT2D eigenvalue weighted by Crippen LogP contribution is -2.15. The second-order valence-corrected chi connectivity index (χ2v) is 4.53. The molecule has 0 fully saturated rings. The van der Waals surface area contributed by atoms with Crippen molar-refractivity contribution in [2.24, 2.45) is 0 Å². The highest BCUT2D eigenvalue weighted by atomic mass is 35.5. The third-order valence-corrected chi connectivity index (χ3v) is 3.01. The molecule has 0 saturated heterocycles. The summed E-state index contributed by atoms with van der Waals surface area (Å²) in [4.78, 5) is 11.8. The second kappa shape index (κ2) is 6.18. The Morgan fingerprint density at radius 2 is 2.05 bits per heavy atom. The molecule has 0 aliphatic carbocycles. The number of rotatable bonds is 3. The third-order valence-electron chi connectivity index (χ3n) is 2.68. The van der Waals surface area contributed by atoms with Crippen molar-refractivity contribution in [1.29, 1.82) is 5.26 Å². The van der Waals surface area contributed by atoms with Crippen LogP contribution in [0.15, 0.2) is 42.5 Å². The maximum atomic E-state index is 13.4. The van der Waals surface area contributed by atoms with E-state index in [4.69, 9.17) is 16.9 Å². The van der Waals surface area contributed by atoms with Gasteiger partial charge in [-0.2, -0.15) is 5.26 Å². The molecule has 0 atom stereocenters. The van der Waals surface area contributed by atoms with E-state index in [1.54, 1.807) is 24.3 Å². The highest BCUT2D eigenvalue weighted by Gasteiger charge is 2.09. The number of anilines is 1. The number of amides is 1. The van der Waals surface area contributed by atoms with Crippen molar-refractivity contribution < 1.29 is 9.18 Å². The molecule has 0 aliphatic heterocycles. The molecule has 2 aromatic carbocycles. The van der Waals surface area contributed by atoms with Crippen molar-refractivity contribution in [3.8, 4) is 6.07 Å². The molecule has 0 radical (unpaired) electrons. The first-order valence-electron chi connectivity index (χ1n) is 5.83. The lowest BCUT2D eigenvalue weighted by Gasteiger charge is -2.07. The Morgan fingerprint density at radius 1 is 1.30 bits per heavy atom. The molecule has 0 bridgehead atoms. The standard InChI is InChI=1S/C15H10ClFN2O/c16-13-6-5-12(7-11(13)9-18)19-15(20)8-10-3-1-2-4-14(10)17/h1-7H,8H2,(H,19,20). The van der Waals surface area contributed by atoms with Crippen LogP contribution < -0.4 is 5.32 Å². The van der Waals surface area contributed by atoms with Crippen LogP contribution in [0.1, 0.15) is 11.1 Å². The molecule has 0 aliphatic rings. The lowest BCUT2D eigenvalue weighted by atomic mass is 10.1. The van der Waals surface area contributed by atoms with Gasteiger partial charge in [0.25, 0.3) is 0 Å². The van der Waals surface area contributed by atoms with E-state index < -0.39 is 5.82 Å². The number of halogens is 2. The van der Waals surface area contributed by atoms with Crippen LogP contribution in [0.5, 0.6) is 0 Å². The third kappa shape index (κ3) is 3.34. The van der Waals surface area contributed by atoms with Gasteiger partial charge in [-0.15, -0.1) is 0 Å². The summed E-state index contributed by atoms with van der Waals surface area (Å²) in [7, 11) is 0. The highest BCUT2D eigenvalue weighted by Crippen LogP contribution is 2.20. The van der Waals surface area contributed by atoms with Gasteiger partial charge in [0.15, 0.2) is 0 Å². The maximum absolute atomic E-state index is 13.4. The molecule has 3 nitrogen and oxygen atoms in total. The van der Waals surface area contributed by atoms with Crippen molar-refractivity contribution in [3.05, 3.63) is 64.4 Å². The normalized spacial score (nSPS) is 9.85. The fourth-order valence-electron chi connectivity index (χ4n) is 1.71. The van der Waals surface area contributed by atoms with E-state index in [-0.39, 0.29) is 17.9 Å². The predicted molar refractivity (Wildman–Crippen MR) is 74.9 cm³/mol. The van der Waals surface area contributed by atoms with E-state index in [1.807, 2.05) is 6.07 Å². The second-order valence-electron chi connectivity index (χ2n) is 4.12. The van der Waals surface area contributed by atoms with Crippen molar-refractivity contribution in [1.82, 2.24) is 0 Å². The first kappa shape index (κ1) is 14.0. The Bertz CT molecular complexity index is 695. The van der Waals surface area contributed by atoms with Gasteiger partial charge in [-0.1, -0.05) is 29.8 Å². The minimum absolute atomic E-state index is 0.0722. The summed E-state index contributed by atoms with van der Waals surface area (Å²) in [6, 6.07) is 12.6. The van der Waals surface area contributed by atoms with Crippen LogP contribution in [0.2, 0.25) is 5.02 Å². The van der Waals surface area contributed by atoms with Gasteiger partial charge < -0.3 is 5.32 Å². The molecule has 1 N–H and O–H groups in total. The molecule has 100 valence electrons. The van der Waals surface area contributed by atoms with Crippen molar-refractivity contribution in [2.75, 3.05) is 5.32 Å². The Hall–Kier alpha value is -2.38. The number of benzene rings is 2. The number of carbonyl (C=O) groups excluding carboxylic acids is 1. The Morgan fingerprint density at radius 3 is 2.75 bits per heavy atom. The molecular formula is C15H10ClFN2O. The molecular weight excluding hydrogens is 279 g/mol. The number of nitrogens with zero attached hydrogens (tertiary/aromatic N) is 1. The molecule has 0 unspecified atom stereocenters. The van der Waals surface area contributed by atoms with E-state index in [0.717, 1.165) is 0 Å². The average molecular weight is 289 g/mol. The van der Waals surface area contributed by atoms with Crippen LogP contribution >= 0.6 is 11.6 Å². The molecule has 0 spiro atoms. The lowest BCUT2D eigenvalue weighted by molar-refractivity contribution is -0.115. The van der Waals surface area contributed by atoms with Gasteiger partial charge in [0.2, 0.25) is 5.91 Å². The molecule has 2 rings (SSSR count). The molecule has 1 amide bonds. The molecule has 0 saturated carbocycles. The maximum Gasteiger partial charge on any atom is 0.228 e. The van der Waals surface area contributed by atoms with E-state index >= 15 is 0 Å². The average Bonchev–Trinajstić information content (AvgIpc) is 2.43. The Labute approximate surface area is 120 Å².